The van der Waals surface area contributed by atoms with E-state index in [0.29, 0.717) is 29.2 Å². The second kappa shape index (κ2) is 8.58. The average molecular weight is 415 g/mol. The van der Waals surface area contributed by atoms with Crippen molar-refractivity contribution in [2.24, 2.45) is 0 Å². The van der Waals surface area contributed by atoms with E-state index >= 15 is 0 Å². The van der Waals surface area contributed by atoms with Crippen LogP contribution in [0.5, 0.6) is 0 Å². The normalized spacial score (nSPS) is 10.6. The number of carbonyl (C=O) groups excluding carboxylic acids is 2. The molecule has 0 aliphatic heterocycles. The number of hydrogen-bond donors (Lipinski definition) is 3. The summed E-state index contributed by atoms with van der Waals surface area (Å²) in [5.74, 6) is -0.223. The Bertz CT molecular complexity index is 1250. The number of anilines is 3. The molecule has 0 radical (unpaired) electrons. The number of hydrogen-bond acceptors (Lipinski definition) is 5. The monoisotopic (exact) mass is 415 g/mol. The minimum Gasteiger partial charge on any atom is -0.453 e. The zero-order chi connectivity index (χ0) is 21.8. The molecule has 0 aliphatic rings. The zero-order valence-corrected chi connectivity index (χ0v) is 16.8. The Labute approximate surface area is 178 Å². The first-order valence-corrected chi connectivity index (χ1v) is 9.59. The molecule has 1 heterocycles. The standard InChI is InChI=1S/C23H21N5O3/c1-31-23(30)26-18-10-11-21-17(12-18)13-25-28(21)14-15-6-8-16(9-7-15)22(29)27-20-5-3-2-4-19(20)24/h2-13H,14,24H2,1H3,(H,26,30)(H,27,29). The molecule has 4 aromatic rings. The molecule has 8 nitrogen and oxygen atoms in total. The van der Waals surface area contributed by atoms with E-state index < -0.39 is 6.09 Å². The summed E-state index contributed by atoms with van der Waals surface area (Å²) < 4.78 is 6.47. The van der Waals surface area contributed by atoms with Crippen LogP contribution in [0.2, 0.25) is 0 Å². The lowest BCUT2D eigenvalue weighted by Gasteiger charge is -2.09. The third kappa shape index (κ3) is 4.48. The molecule has 0 saturated carbocycles. The van der Waals surface area contributed by atoms with Crippen molar-refractivity contribution < 1.29 is 14.3 Å². The van der Waals surface area contributed by atoms with Gasteiger partial charge in [0.05, 0.1) is 36.7 Å². The molecular formula is C23H21N5O3. The molecule has 8 heteroatoms. The van der Waals surface area contributed by atoms with E-state index in [0.717, 1.165) is 16.5 Å². The van der Waals surface area contributed by atoms with Crippen LogP contribution in [0, 0.1) is 0 Å². The number of nitrogens with zero attached hydrogens (tertiary/aromatic N) is 2. The first-order chi connectivity index (χ1) is 15.0. The van der Waals surface area contributed by atoms with Gasteiger partial charge in [0.25, 0.3) is 5.91 Å². The van der Waals surface area contributed by atoms with E-state index in [1.807, 2.05) is 41.1 Å². The Morgan fingerprint density at radius 3 is 2.55 bits per heavy atom. The van der Waals surface area contributed by atoms with E-state index in [4.69, 9.17) is 5.73 Å². The van der Waals surface area contributed by atoms with E-state index in [9.17, 15) is 9.59 Å². The maximum atomic E-state index is 12.5. The number of benzene rings is 3. The summed E-state index contributed by atoms with van der Waals surface area (Å²) in [6.45, 7) is 0.542. The molecule has 0 unspecified atom stereocenters. The highest BCUT2D eigenvalue weighted by Gasteiger charge is 2.10. The number of fused-ring (bicyclic) bond motifs is 1. The van der Waals surface area contributed by atoms with E-state index in [1.54, 1.807) is 36.5 Å². The van der Waals surface area contributed by atoms with Crippen LogP contribution < -0.4 is 16.4 Å². The Kier molecular flexibility index (Phi) is 5.53. The number of nitrogen functional groups attached to an aromatic ring is 1. The largest absolute Gasteiger partial charge is 0.453 e. The lowest BCUT2D eigenvalue weighted by Crippen LogP contribution is -2.13. The van der Waals surface area contributed by atoms with E-state index in [1.165, 1.54) is 7.11 Å². The van der Waals surface area contributed by atoms with Gasteiger partial charge in [-0.1, -0.05) is 24.3 Å². The SMILES string of the molecule is COC(=O)Nc1ccc2c(cnn2Cc2ccc(C(=O)Nc3ccccc3N)cc2)c1. The van der Waals surface area contributed by atoms with E-state index in [-0.39, 0.29) is 5.91 Å². The fourth-order valence-corrected chi connectivity index (χ4v) is 3.20. The van der Waals surface area contributed by atoms with Crippen LogP contribution in [0.1, 0.15) is 15.9 Å². The number of ether oxygens (including phenoxy) is 1. The van der Waals surface area contributed by atoms with Gasteiger partial charge < -0.3 is 15.8 Å². The Morgan fingerprint density at radius 1 is 1.03 bits per heavy atom. The predicted octanol–water partition coefficient (Wildman–Crippen LogP) is 4.10. The van der Waals surface area contributed by atoms with Crippen LogP contribution in [-0.2, 0) is 11.3 Å². The highest BCUT2D eigenvalue weighted by molar-refractivity contribution is 6.05. The number of aromatic nitrogens is 2. The Morgan fingerprint density at radius 2 is 1.81 bits per heavy atom. The molecule has 3 aromatic carbocycles. The van der Waals surface area contributed by atoms with Crippen molar-refractivity contribution in [2.45, 2.75) is 6.54 Å². The van der Waals surface area contributed by atoms with Crippen molar-refractivity contribution in [1.29, 1.82) is 0 Å². The van der Waals surface area contributed by atoms with Crippen LogP contribution in [-0.4, -0.2) is 28.9 Å². The molecule has 4 N–H and O–H groups in total. The Hall–Kier alpha value is -4.33. The second-order valence-corrected chi connectivity index (χ2v) is 6.93. The molecule has 2 amide bonds. The number of methoxy groups -OCH3 is 1. The van der Waals surface area contributed by atoms with Gasteiger partial charge in [0.1, 0.15) is 0 Å². The first-order valence-electron chi connectivity index (χ1n) is 9.59. The minimum absolute atomic E-state index is 0.223. The summed E-state index contributed by atoms with van der Waals surface area (Å²) in [5, 5.41) is 10.8. The fourth-order valence-electron chi connectivity index (χ4n) is 3.20. The molecule has 0 bridgehead atoms. The number of nitrogens with one attached hydrogen (secondary N) is 2. The van der Waals surface area contributed by atoms with Gasteiger partial charge in [0.15, 0.2) is 0 Å². The van der Waals surface area contributed by atoms with Crippen LogP contribution in [0.25, 0.3) is 10.9 Å². The summed E-state index contributed by atoms with van der Waals surface area (Å²) in [6.07, 6.45) is 1.22. The fraction of sp³-hybridized carbons (Fsp3) is 0.0870. The molecule has 31 heavy (non-hydrogen) atoms. The van der Waals surface area contributed by atoms with Gasteiger partial charge in [0, 0.05) is 16.6 Å². The molecule has 0 saturated heterocycles. The van der Waals surface area contributed by atoms with Crippen molar-refractivity contribution in [2.75, 3.05) is 23.5 Å². The highest BCUT2D eigenvalue weighted by Crippen LogP contribution is 2.21. The van der Waals surface area contributed by atoms with Gasteiger partial charge in [-0.3, -0.25) is 14.8 Å². The van der Waals surface area contributed by atoms with Crippen molar-refractivity contribution in [3.05, 3.63) is 84.1 Å². The lowest BCUT2D eigenvalue weighted by molar-refractivity contribution is 0.102. The van der Waals surface area contributed by atoms with Crippen molar-refractivity contribution in [3.8, 4) is 0 Å². The van der Waals surface area contributed by atoms with Gasteiger partial charge in [-0.2, -0.15) is 5.10 Å². The Balaban J connectivity index is 1.46. The zero-order valence-electron chi connectivity index (χ0n) is 16.8. The molecule has 4 rings (SSSR count). The van der Waals surface area contributed by atoms with Gasteiger partial charge >= 0.3 is 6.09 Å². The molecule has 0 spiro atoms. The smallest absolute Gasteiger partial charge is 0.411 e. The first kappa shape index (κ1) is 20.0. The quantitative estimate of drug-likeness (QED) is 0.425. The minimum atomic E-state index is -0.522. The number of carbonyl (C=O) groups is 2. The predicted molar refractivity (Wildman–Crippen MR) is 120 cm³/mol. The third-order valence-corrected chi connectivity index (χ3v) is 4.83. The number of nitrogens with two attached hydrogens (primary N) is 1. The molecule has 0 aliphatic carbocycles. The maximum absolute atomic E-state index is 12.5. The molecular weight excluding hydrogens is 394 g/mol. The van der Waals surface area contributed by atoms with Crippen molar-refractivity contribution in [1.82, 2.24) is 9.78 Å². The number of rotatable bonds is 5. The average Bonchev–Trinajstić information content (AvgIpc) is 3.17. The van der Waals surface area contributed by atoms with Gasteiger partial charge in [-0.25, -0.2) is 4.79 Å². The summed E-state index contributed by atoms with van der Waals surface area (Å²) in [7, 11) is 1.32. The maximum Gasteiger partial charge on any atom is 0.411 e. The second-order valence-electron chi connectivity index (χ2n) is 6.93. The van der Waals surface area contributed by atoms with Gasteiger partial charge in [-0.05, 0) is 48.0 Å². The summed E-state index contributed by atoms with van der Waals surface area (Å²) in [6, 6.07) is 20.0. The highest BCUT2D eigenvalue weighted by atomic mass is 16.5. The molecule has 0 fully saturated rings. The molecule has 0 atom stereocenters. The number of amides is 2. The van der Waals surface area contributed by atoms with Gasteiger partial charge in [-0.15, -0.1) is 0 Å². The van der Waals surface area contributed by atoms with Crippen LogP contribution in [0.15, 0.2) is 72.9 Å². The third-order valence-electron chi connectivity index (χ3n) is 4.83. The van der Waals surface area contributed by atoms with Crippen LogP contribution in [0.3, 0.4) is 0 Å². The van der Waals surface area contributed by atoms with Crippen LogP contribution >= 0.6 is 0 Å². The van der Waals surface area contributed by atoms with Crippen molar-refractivity contribution in [3.63, 3.8) is 0 Å². The summed E-state index contributed by atoms with van der Waals surface area (Å²) in [5.41, 5.74) is 10.1. The summed E-state index contributed by atoms with van der Waals surface area (Å²) >= 11 is 0. The van der Waals surface area contributed by atoms with Crippen molar-refractivity contribution >= 4 is 40.0 Å². The molecule has 1 aromatic heterocycles. The van der Waals surface area contributed by atoms with Crippen LogP contribution in [0.4, 0.5) is 21.9 Å². The summed E-state index contributed by atoms with van der Waals surface area (Å²) in [4.78, 5) is 23.8. The topological polar surface area (TPSA) is 111 Å². The van der Waals surface area contributed by atoms with E-state index in [2.05, 4.69) is 20.5 Å². The van der Waals surface area contributed by atoms with Gasteiger partial charge in [0.2, 0.25) is 0 Å². The lowest BCUT2D eigenvalue weighted by atomic mass is 10.1. The molecule has 156 valence electrons. The number of para-hydroxylation sites is 2.